The Morgan fingerprint density at radius 2 is 2.17 bits per heavy atom. The summed E-state index contributed by atoms with van der Waals surface area (Å²) in [6, 6.07) is 12.4. The van der Waals surface area contributed by atoms with Crippen LogP contribution >= 0.6 is 11.3 Å². The summed E-state index contributed by atoms with van der Waals surface area (Å²) in [7, 11) is 0. The quantitative estimate of drug-likeness (QED) is 0.431. The number of aliphatic hydroxyl groups excluding tert-OH is 1. The van der Waals surface area contributed by atoms with Crippen LogP contribution in [0.4, 0.5) is 5.69 Å². The van der Waals surface area contributed by atoms with Gasteiger partial charge in [-0.2, -0.15) is 0 Å². The molecule has 0 spiro atoms. The number of aromatic nitrogens is 1. The van der Waals surface area contributed by atoms with Gasteiger partial charge in [0.15, 0.2) is 0 Å². The standard InChI is InChI=1S/C27H32N4O3S/c1-16(2)34-24-9-6-17(12-22(24)28)27-30-13-25(35-27)21-5-3-4-20-19(21)7-8-23(20)29-14-26(33)31-11-10-18(32)15-31/h3-6,9,12-13,16,18,23,29,32H,7-8,10-11,14-15,28H2,1-2H3/t18-,23-/m0/s1. The van der Waals surface area contributed by atoms with Gasteiger partial charge in [-0.25, -0.2) is 4.98 Å². The first-order chi connectivity index (χ1) is 16.9. The fourth-order valence-electron chi connectivity index (χ4n) is 4.96. The van der Waals surface area contributed by atoms with Crippen molar-refractivity contribution >= 4 is 22.9 Å². The van der Waals surface area contributed by atoms with Crippen molar-refractivity contribution in [3.8, 4) is 26.8 Å². The highest BCUT2D eigenvalue weighted by atomic mass is 32.1. The summed E-state index contributed by atoms with van der Waals surface area (Å²) in [6.07, 6.45) is 4.21. The van der Waals surface area contributed by atoms with Crippen molar-refractivity contribution in [2.24, 2.45) is 0 Å². The average molecular weight is 493 g/mol. The Morgan fingerprint density at radius 1 is 1.31 bits per heavy atom. The molecule has 2 heterocycles. The van der Waals surface area contributed by atoms with Gasteiger partial charge in [0.05, 0.1) is 29.3 Å². The van der Waals surface area contributed by atoms with E-state index in [-0.39, 0.29) is 24.2 Å². The van der Waals surface area contributed by atoms with Crippen LogP contribution in [0.5, 0.6) is 5.75 Å². The normalized spacial score (nSPS) is 19.4. The van der Waals surface area contributed by atoms with E-state index >= 15 is 0 Å². The number of nitrogens with two attached hydrogens (primary N) is 1. The van der Waals surface area contributed by atoms with Gasteiger partial charge in [0.2, 0.25) is 5.91 Å². The Bertz CT molecular complexity index is 1220. The van der Waals surface area contributed by atoms with Gasteiger partial charge in [-0.15, -0.1) is 11.3 Å². The van der Waals surface area contributed by atoms with Crippen LogP contribution in [0.3, 0.4) is 0 Å². The number of β-amino-alcohol motifs (C(OH)–C–C–N with tert-alkyl or cyclic N) is 1. The number of aliphatic hydroxyl groups is 1. The number of carbonyl (C=O) groups excluding carboxylic acids is 1. The number of rotatable bonds is 7. The highest BCUT2D eigenvalue weighted by Crippen LogP contribution is 2.41. The molecule has 1 aliphatic heterocycles. The molecule has 2 atom stereocenters. The monoisotopic (exact) mass is 492 g/mol. The SMILES string of the molecule is CC(C)Oc1ccc(-c2ncc(-c3cccc4c3CC[C@@H]4NCC(=O)N3CC[C@H](O)C3)s2)cc1N. The van der Waals surface area contributed by atoms with Crippen LogP contribution in [-0.2, 0) is 11.2 Å². The first-order valence-corrected chi connectivity index (χ1v) is 13.0. The molecule has 7 nitrogen and oxygen atoms in total. The molecular formula is C27H32N4O3S. The predicted molar refractivity (Wildman–Crippen MR) is 139 cm³/mol. The minimum Gasteiger partial charge on any atom is -0.489 e. The Labute approximate surface area is 209 Å². The second-order valence-corrected chi connectivity index (χ2v) is 10.6. The number of anilines is 1. The molecule has 8 heteroatoms. The van der Waals surface area contributed by atoms with Crippen LogP contribution in [0, 0.1) is 0 Å². The van der Waals surface area contributed by atoms with Gasteiger partial charge in [-0.3, -0.25) is 4.79 Å². The fourth-order valence-corrected chi connectivity index (χ4v) is 5.93. The van der Waals surface area contributed by atoms with Crippen LogP contribution < -0.4 is 15.8 Å². The molecule has 5 rings (SSSR count). The molecule has 0 saturated carbocycles. The van der Waals surface area contributed by atoms with E-state index in [4.69, 9.17) is 10.5 Å². The third-order valence-electron chi connectivity index (χ3n) is 6.68. The van der Waals surface area contributed by atoms with Gasteiger partial charge >= 0.3 is 0 Å². The average Bonchev–Trinajstić information content (AvgIpc) is 3.58. The molecule has 0 unspecified atom stereocenters. The summed E-state index contributed by atoms with van der Waals surface area (Å²) in [5, 5.41) is 14.1. The minimum atomic E-state index is -0.388. The number of hydrogen-bond donors (Lipinski definition) is 3. The lowest BCUT2D eigenvalue weighted by molar-refractivity contribution is -0.129. The summed E-state index contributed by atoms with van der Waals surface area (Å²) < 4.78 is 5.76. The Balaban J connectivity index is 1.31. The maximum Gasteiger partial charge on any atom is 0.236 e. The van der Waals surface area contributed by atoms with E-state index in [0.717, 1.165) is 28.3 Å². The molecule has 3 aromatic rings. The highest BCUT2D eigenvalue weighted by Gasteiger charge is 2.28. The second-order valence-electron chi connectivity index (χ2n) is 9.58. The zero-order valence-electron chi connectivity index (χ0n) is 20.2. The van der Waals surface area contributed by atoms with Gasteiger partial charge < -0.3 is 25.8 Å². The van der Waals surface area contributed by atoms with Gasteiger partial charge in [0, 0.05) is 30.9 Å². The lowest BCUT2D eigenvalue weighted by Crippen LogP contribution is -2.38. The van der Waals surface area contributed by atoms with Crippen molar-refractivity contribution in [1.82, 2.24) is 15.2 Å². The molecule has 1 saturated heterocycles. The van der Waals surface area contributed by atoms with E-state index in [1.807, 2.05) is 38.2 Å². The number of nitrogens with one attached hydrogen (secondary N) is 1. The predicted octanol–water partition coefficient (Wildman–Crippen LogP) is 4.02. The lowest BCUT2D eigenvalue weighted by Gasteiger charge is -2.19. The van der Waals surface area contributed by atoms with Crippen LogP contribution in [0.15, 0.2) is 42.6 Å². The molecule has 4 N–H and O–H groups in total. The van der Waals surface area contributed by atoms with Crippen molar-refractivity contribution in [2.75, 3.05) is 25.4 Å². The molecule has 1 aromatic heterocycles. The first-order valence-electron chi connectivity index (χ1n) is 12.2. The molecule has 35 heavy (non-hydrogen) atoms. The zero-order chi connectivity index (χ0) is 24.5. The third kappa shape index (κ3) is 5.05. The number of hydrogen-bond acceptors (Lipinski definition) is 7. The minimum absolute atomic E-state index is 0.0577. The van der Waals surface area contributed by atoms with Crippen molar-refractivity contribution in [3.63, 3.8) is 0 Å². The largest absolute Gasteiger partial charge is 0.489 e. The topological polar surface area (TPSA) is 101 Å². The number of fused-ring (bicyclic) bond motifs is 1. The van der Waals surface area contributed by atoms with Crippen LogP contribution in [0.1, 0.15) is 43.9 Å². The number of amides is 1. The molecule has 184 valence electrons. The fraction of sp³-hybridized carbons (Fsp3) is 0.407. The summed E-state index contributed by atoms with van der Waals surface area (Å²) >= 11 is 1.66. The first kappa shape index (κ1) is 23.8. The van der Waals surface area contributed by atoms with Crippen molar-refractivity contribution < 1.29 is 14.6 Å². The number of carbonyl (C=O) groups is 1. The highest BCUT2D eigenvalue weighted by molar-refractivity contribution is 7.18. The number of nitrogen functional groups attached to an aromatic ring is 1. The molecule has 0 bridgehead atoms. The van der Waals surface area contributed by atoms with Gasteiger partial charge in [-0.05, 0) is 68.0 Å². The Hall–Kier alpha value is -2.94. The van der Waals surface area contributed by atoms with E-state index in [9.17, 15) is 9.90 Å². The van der Waals surface area contributed by atoms with Crippen LogP contribution in [0.25, 0.3) is 21.0 Å². The maximum atomic E-state index is 12.5. The molecule has 2 aromatic carbocycles. The molecule has 1 aliphatic carbocycles. The summed E-state index contributed by atoms with van der Waals surface area (Å²) in [5.41, 5.74) is 11.6. The molecular weight excluding hydrogens is 460 g/mol. The molecule has 2 aliphatic rings. The van der Waals surface area contributed by atoms with Gasteiger partial charge in [-0.1, -0.05) is 18.2 Å². The van der Waals surface area contributed by atoms with Gasteiger partial charge in [0.1, 0.15) is 10.8 Å². The Kier molecular flexibility index (Phi) is 6.77. The zero-order valence-corrected chi connectivity index (χ0v) is 21.0. The number of nitrogens with zero attached hydrogens (tertiary/aromatic N) is 2. The van der Waals surface area contributed by atoms with E-state index in [1.165, 1.54) is 16.7 Å². The van der Waals surface area contributed by atoms with Crippen molar-refractivity contribution in [3.05, 3.63) is 53.7 Å². The Morgan fingerprint density at radius 3 is 2.91 bits per heavy atom. The lowest BCUT2D eigenvalue weighted by atomic mass is 10.0. The second kappa shape index (κ2) is 9.97. The number of benzene rings is 2. The van der Waals surface area contributed by atoms with E-state index in [2.05, 4.69) is 28.5 Å². The third-order valence-corrected chi connectivity index (χ3v) is 7.76. The number of ether oxygens (including phenoxy) is 1. The molecule has 0 radical (unpaired) electrons. The van der Waals surface area contributed by atoms with Crippen LogP contribution in [0.2, 0.25) is 0 Å². The van der Waals surface area contributed by atoms with Gasteiger partial charge in [0.25, 0.3) is 0 Å². The number of thiazole rings is 1. The van der Waals surface area contributed by atoms with E-state index in [1.54, 1.807) is 16.2 Å². The van der Waals surface area contributed by atoms with E-state index in [0.29, 0.717) is 37.5 Å². The summed E-state index contributed by atoms with van der Waals surface area (Å²) in [5.74, 6) is 0.752. The smallest absolute Gasteiger partial charge is 0.236 e. The number of likely N-dealkylation sites (tertiary alicyclic amines) is 1. The maximum absolute atomic E-state index is 12.5. The van der Waals surface area contributed by atoms with Crippen molar-refractivity contribution in [2.45, 2.75) is 51.4 Å². The summed E-state index contributed by atoms with van der Waals surface area (Å²) in [6.45, 7) is 5.34. The van der Waals surface area contributed by atoms with Crippen LogP contribution in [-0.4, -0.2) is 52.7 Å². The summed E-state index contributed by atoms with van der Waals surface area (Å²) in [4.78, 5) is 20.1. The van der Waals surface area contributed by atoms with Crippen molar-refractivity contribution in [1.29, 1.82) is 0 Å². The molecule has 1 amide bonds. The van der Waals surface area contributed by atoms with E-state index < -0.39 is 0 Å². The molecule has 1 fully saturated rings.